The number of halogens is 1. The highest BCUT2D eigenvalue weighted by Gasteiger charge is 2.34. The number of aromatic carboxylic acids is 1. The average molecular weight is 451 g/mol. The summed E-state index contributed by atoms with van der Waals surface area (Å²) < 4.78 is 16.9. The van der Waals surface area contributed by atoms with E-state index in [1.165, 1.54) is 11.8 Å². The van der Waals surface area contributed by atoms with Gasteiger partial charge in [0.15, 0.2) is 11.6 Å². The third kappa shape index (κ3) is 3.78. The molecule has 33 heavy (non-hydrogen) atoms. The van der Waals surface area contributed by atoms with E-state index in [4.69, 9.17) is 5.73 Å². The van der Waals surface area contributed by atoms with Crippen molar-refractivity contribution in [1.82, 2.24) is 9.55 Å². The summed E-state index contributed by atoms with van der Waals surface area (Å²) in [6.07, 6.45) is 3.08. The molecule has 2 aliphatic rings. The highest BCUT2D eigenvalue weighted by atomic mass is 19.1. The lowest BCUT2D eigenvalue weighted by atomic mass is 9.92. The van der Waals surface area contributed by atoms with Crippen molar-refractivity contribution in [3.63, 3.8) is 0 Å². The zero-order valence-electron chi connectivity index (χ0n) is 18.7. The number of hydrogen-bond acceptors (Lipinski definition) is 5. The Morgan fingerprint density at radius 3 is 2.52 bits per heavy atom. The van der Waals surface area contributed by atoms with Gasteiger partial charge in [0.05, 0.1) is 5.39 Å². The molecule has 5 rings (SSSR count). The number of pyridine rings is 2. The highest BCUT2D eigenvalue weighted by molar-refractivity contribution is 5.92. The second-order valence-corrected chi connectivity index (χ2v) is 9.48. The van der Waals surface area contributed by atoms with Crippen LogP contribution in [0.2, 0.25) is 0 Å². The van der Waals surface area contributed by atoms with E-state index in [1.807, 2.05) is 4.90 Å². The number of hydrogen-bond donors (Lipinski definition) is 2. The first-order chi connectivity index (χ1) is 15.7. The quantitative estimate of drug-likeness (QED) is 0.616. The van der Waals surface area contributed by atoms with Crippen molar-refractivity contribution in [3.05, 3.63) is 69.3 Å². The second kappa shape index (κ2) is 7.95. The van der Waals surface area contributed by atoms with Crippen LogP contribution in [0, 0.1) is 5.82 Å². The van der Waals surface area contributed by atoms with Crippen LogP contribution < -0.4 is 16.1 Å². The molecule has 7 nitrogen and oxygen atoms in total. The lowest BCUT2D eigenvalue weighted by Gasteiger charge is -2.20. The van der Waals surface area contributed by atoms with E-state index in [2.05, 4.69) is 43.1 Å². The molecule has 1 saturated heterocycles. The Balaban J connectivity index is 1.53. The summed E-state index contributed by atoms with van der Waals surface area (Å²) in [5.74, 6) is -1.35. The first-order valence-corrected chi connectivity index (χ1v) is 11.3. The third-order valence-electron chi connectivity index (χ3n) is 6.81. The molecule has 1 aliphatic carbocycles. The number of aromatic nitrogens is 2. The summed E-state index contributed by atoms with van der Waals surface area (Å²) in [5, 5.41) is 9.41. The van der Waals surface area contributed by atoms with Crippen LogP contribution in [0.3, 0.4) is 0 Å². The van der Waals surface area contributed by atoms with Gasteiger partial charge in [0.1, 0.15) is 11.2 Å². The first-order valence-electron chi connectivity index (χ1n) is 11.3. The van der Waals surface area contributed by atoms with Crippen molar-refractivity contribution >= 4 is 22.8 Å². The standard InChI is InChI=1S/C25H27FN4O3/c1-13(2)14-3-5-15(6-4-14)18-10-29(12-21(18)27)24-20(26)9-17-22(31)19(25(32)33)11-30(16-7-8-16)23(17)28-24/h3-6,9,11,13,16,18,21H,7-8,10,12,27H2,1-2H3,(H,32,33)/t18-,21+/m0/s1. The minimum absolute atomic E-state index is 0.00707. The Bertz CT molecular complexity index is 1300. The predicted octanol–water partition coefficient (Wildman–Crippen LogP) is 3.62. The molecule has 3 N–H and O–H groups in total. The number of nitrogens with two attached hydrogens (primary N) is 1. The molecule has 0 unspecified atom stereocenters. The maximum Gasteiger partial charge on any atom is 0.341 e. The molecule has 3 aromatic rings. The summed E-state index contributed by atoms with van der Waals surface area (Å²) in [5.41, 5.74) is 8.06. The zero-order valence-corrected chi connectivity index (χ0v) is 18.7. The van der Waals surface area contributed by atoms with Gasteiger partial charge in [-0.05, 0) is 36.0 Å². The Morgan fingerprint density at radius 2 is 1.91 bits per heavy atom. The average Bonchev–Trinajstić information content (AvgIpc) is 3.55. The van der Waals surface area contributed by atoms with E-state index in [0.717, 1.165) is 24.5 Å². The van der Waals surface area contributed by atoms with Gasteiger partial charge in [0.2, 0.25) is 5.43 Å². The normalized spacial score (nSPS) is 20.7. The molecule has 2 aromatic heterocycles. The van der Waals surface area contributed by atoms with Gasteiger partial charge in [-0.3, -0.25) is 4.79 Å². The number of benzene rings is 1. The lowest BCUT2D eigenvalue weighted by molar-refractivity contribution is 0.0695. The van der Waals surface area contributed by atoms with Crippen LogP contribution in [0.5, 0.6) is 0 Å². The molecule has 3 heterocycles. The number of fused-ring (bicyclic) bond motifs is 1. The van der Waals surface area contributed by atoms with Crippen LogP contribution in [0.4, 0.5) is 10.2 Å². The smallest absolute Gasteiger partial charge is 0.341 e. The number of rotatable bonds is 5. The Labute approximate surface area is 190 Å². The largest absolute Gasteiger partial charge is 0.477 e. The molecule has 8 heteroatoms. The van der Waals surface area contributed by atoms with Gasteiger partial charge in [-0.1, -0.05) is 38.1 Å². The van der Waals surface area contributed by atoms with Crippen molar-refractivity contribution in [2.75, 3.05) is 18.0 Å². The maximum atomic E-state index is 15.2. The molecule has 1 aromatic carbocycles. The van der Waals surface area contributed by atoms with Gasteiger partial charge in [-0.2, -0.15) is 0 Å². The number of carboxylic acids is 1. The summed E-state index contributed by atoms with van der Waals surface area (Å²) in [7, 11) is 0. The van der Waals surface area contributed by atoms with Crippen molar-refractivity contribution in [2.24, 2.45) is 5.73 Å². The van der Waals surface area contributed by atoms with Crippen molar-refractivity contribution < 1.29 is 14.3 Å². The van der Waals surface area contributed by atoms with Crippen LogP contribution in [-0.2, 0) is 0 Å². The molecule has 2 atom stereocenters. The molecule has 1 saturated carbocycles. The van der Waals surface area contributed by atoms with Gasteiger partial charge in [0, 0.05) is 37.3 Å². The first kappa shape index (κ1) is 21.6. The van der Waals surface area contributed by atoms with E-state index in [9.17, 15) is 14.7 Å². The predicted molar refractivity (Wildman–Crippen MR) is 125 cm³/mol. The zero-order chi connectivity index (χ0) is 23.4. The Hall–Kier alpha value is -3.26. The number of carbonyl (C=O) groups is 1. The number of nitrogens with zero attached hydrogens (tertiary/aromatic N) is 3. The highest BCUT2D eigenvalue weighted by Crippen LogP contribution is 2.38. The van der Waals surface area contributed by atoms with Crippen LogP contribution >= 0.6 is 0 Å². The molecule has 172 valence electrons. The topological polar surface area (TPSA) is 101 Å². The summed E-state index contributed by atoms with van der Waals surface area (Å²) in [4.78, 5) is 30.6. The van der Waals surface area contributed by atoms with Crippen molar-refractivity contribution in [1.29, 1.82) is 0 Å². The monoisotopic (exact) mass is 450 g/mol. The van der Waals surface area contributed by atoms with E-state index in [-0.39, 0.29) is 34.8 Å². The fourth-order valence-corrected chi connectivity index (χ4v) is 4.73. The molecule has 1 aliphatic heterocycles. The van der Waals surface area contributed by atoms with Gasteiger partial charge in [0.25, 0.3) is 0 Å². The minimum Gasteiger partial charge on any atom is -0.477 e. The van der Waals surface area contributed by atoms with E-state index < -0.39 is 17.2 Å². The van der Waals surface area contributed by atoms with Gasteiger partial charge in [-0.15, -0.1) is 0 Å². The number of anilines is 1. The number of carboxylic acid groups (broad SMARTS) is 1. The van der Waals surface area contributed by atoms with Gasteiger partial charge in [-0.25, -0.2) is 14.2 Å². The van der Waals surface area contributed by atoms with Gasteiger partial charge >= 0.3 is 5.97 Å². The summed E-state index contributed by atoms with van der Waals surface area (Å²) >= 11 is 0. The molecule has 0 bridgehead atoms. The van der Waals surface area contributed by atoms with Crippen molar-refractivity contribution in [2.45, 2.75) is 50.6 Å². The summed E-state index contributed by atoms with van der Waals surface area (Å²) in [6, 6.07) is 9.41. The Morgan fingerprint density at radius 1 is 1.21 bits per heavy atom. The van der Waals surface area contributed by atoms with Crippen LogP contribution in [-0.4, -0.2) is 39.8 Å². The fraction of sp³-hybridized carbons (Fsp3) is 0.400. The molecule has 0 amide bonds. The van der Waals surface area contributed by atoms with E-state index >= 15 is 4.39 Å². The van der Waals surface area contributed by atoms with Crippen LogP contribution in [0.1, 0.15) is 66.1 Å². The molecular formula is C25H27FN4O3. The molecule has 2 fully saturated rings. The molecular weight excluding hydrogens is 423 g/mol. The lowest BCUT2D eigenvalue weighted by Crippen LogP contribution is -2.29. The Kier molecular flexibility index (Phi) is 5.20. The van der Waals surface area contributed by atoms with Gasteiger partial charge < -0.3 is 20.3 Å². The van der Waals surface area contributed by atoms with E-state index in [1.54, 1.807) is 4.57 Å². The molecule has 0 radical (unpaired) electrons. The minimum atomic E-state index is -1.32. The fourth-order valence-electron chi connectivity index (χ4n) is 4.73. The van der Waals surface area contributed by atoms with Crippen LogP contribution in [0.15, 0.2) is 41.3 Å². The summed E-state index contributed by atoms with van der Waals surface area (Å²) in [6.45, 7) is 5.24. The van der Waals surface area contributed by atoms with Crippen molar-refractivity contribution in [3.8, 4) is 0 Å². The SMILES string of the molecule is CC(C)c1ccc([C@@H]2CN(c3nc4c(cc3F)c(=O)c(C(=O)O)cn4C3CC3)C[C@H]2N)cc1. The van der Waals surface area contributed by atoms with Crippen LogP contribution in [0.25, 0.3) is 11.0 Å². The van der Waals surface area contributed by atoms with E-state index in [0.29, 0.717) is 24.7 Å². The second-order valence-electron chi connectivity index (χ2n) is 9.48. The third-order valence-corrected chi connectivity index (χ3v) is 6.81. The molecule has 0 spiro atoms. The maximum absolute atomic E-state index is 15.2.